The molecule has 1 aromatic carbocycles. The van der Waals surface area contributed by atoms with Crippen molar-refractivity contribution in [2.45, 2.75) is 12.5 Å². The Hall–Kier alpha value is -2.20. The van der Waals surface area contributed by atoms with Gasteiger partial charge in [-0.15, -0.1) is 0 Å². The Labute approximate surface area is 106 Å². The van der Waals surface area contributed by atoms with Crippen molar-refractivity contribution >= 4 is 11.7 Å². The van der Waals surface area contributed by atoms with Gasteiger partial charge >= 0.3 is 0 Å². The van der Waals surface area contributed by atoms with Crippen LogP contribution in [0.1, 0.15) is 5.56 Å². The topological polar surface area (TPSA) is 68.0 Å². The summed E-state index contributed by atoms with van der Waals surface area (Å²) in [6.45, 7) is 0. The first kappa shape index (κ1) is 12.3. The summed E-state index contributed by atoms with van der Waals surface area (Å²) >= 11 is 0. The number of hydrogen-bond donors (Lipinski definition) is 2. The Balaban J connectivity index is 1.93. The predicted molar refractivity (Wildman–Crippen MR) is 71.0 cm³/mol. The number of nitrogens with two attached hydrogens (primary N) is 1. The van der Waals surface area contributed by atoms with Crippen molar-refractivity contribution in [3.05, 3.63) is 60.3 Å². The second-order valence-electron chi connectivity index (χ2n) is 4.00. The molecule has 3 N–H and O–H groups in total. The highest BCUT2D eigenvalue weighted by Gasteiger charge is 2.14. The molecule has 18 heavy (non-hydrogen) atoms. The molecule has 4 nitrogen and oxygen atoms in total. The molecule has 0 aliphatic heterocycles. The number of nitrogens with one attached hydrogen (secondary N) is 1. The number of carbonyl (C=O) groups excluding carboxylic acids is 1. The molecule has 0 bridgehead atoms. The number of hydrogen-bond acceptors (Lipinski definition) is 3. The molecule has 1 aromatic heterocycles. The lowest BCUT2D eigenvalue weighted by Crippen LogP contribution is -2.37. The second-order valence-corrected chi connectivity index (χ2v) is 4.00. The maximum absolute atomic E-state index is 11.8. The molecule has 2 aromatic rings. The van der Waals surface area contributed by atoms with Crippen molar-refractivity contribution in [3.63, 3.8) is 0 Å². The van der Waals surface area contributed by atoms with Gasteiger partial charge in [-0.05, 0) is 24.1 Å². The van der Waals surface area contributed by atoms with E-state index in [1.807, 2.05) is 36.4 Å². The van der Waals surface area contributed by atoms with E-state index in [9.17, 15) is 4.79 Å². The van der Waals surface area contributed by atoms with Crippen LogP contribution in [0.2, 0.25) is 0 Å². The molecule has 0 unspecified atom stereocenters. The van der Waals surface area contributed by atoms with Gasteiger partial charge in [-0.2, -0.15) is 0 Å². The maximum atomic E-state index is 11.8. The molecular weight excluding hydrogens is 226 g/mol. The number of anilines is 1. The van der Waals surface area contributed by atoms with E-state index < -0.39 is 6.04 Å². The molecule has 0 aliphatic carbocycles. The first-order chi connectivity index (χ1) is 8.75. The molecule has 0 saturated heterocycles. The fourth-order valence-electron chi connectivity index (χ4n) is 1.62. The predicted octanol–water partition coefficient (Wildman–Crippen LogP) is 1.59. The fourth-order valence-corrected chi connectivity index (χ4v) is 1.62. The third-order valence-corrected chi connectivity index (χ3v) is 2.55. The van der Waals surface area contributed by atoms with E-state index in [2.05, 4.69) is 10.3 Å². The zero-order valence-corrected chi connectivity index (χ0v) is 9.91. The molecule has 0 saturated carbocycles. The first-order valence-corrected chi connectivity index (χ1v) is 5.77. The first-order valence-electron chi connectivity index (χ1n) is 5.77. The van der Waals surface area contributed by atoms with E-state index >= 15 is 0 Å². The number of nitrogens with zero attached hydrogens (tertiary/aromatic N) is 1. The highest BCUT2D eigenvalue weighted by atomic mass is 16.2. The summed E-state index contributed by atoms with van der Waals surface area (Å²) in [5.41, 5.74) is 6.90. The highest BCUT2D eigenvalue weighted by Crippen LogP contribution is 2.05. The number of rotatable bonds is 4. The summed E-state index contributed by atoms with van der Waals surface area (Å²) in [5, 5.41) is 2.69. The SMILES string of the molecule is N[C@H](Cc1ccccc1)C(=O)Nc1ccccn1. The number of aromatic nitrogens is 1. The molecule has 92 valence electrons. The summed E-state index contributed by atoms with van der Waals surface area (Å²) < 4.78 is 0. The third kappa shape index (κ3) is 3.40. The Kier molecular flexibility index (Phi) is 4.04. The molecule has 0 spiro atoms. The largest absolute Gasteiger partial charge is 0.320 e. The van der Waals surface area contributed by atoms with Gasteiger partial charge in [-0.25, -0.2) is 4.98 Å². The van der Waals surface area contributed by atoms with E-state index in [0.717, 1.165) is 5.56 Å². The van der Waals surface area contributed by atoms with Crippen molar-refractivity contribution in [1.82, 2.24) is 4.98 Å². The van der Waals surface area contributed by atoms with Gasteiger partial charge in [0.25, 0.3) is 0 Å². The third-order valence-electron chi connectivity index (χ3n) is 2.55. The molecule has 0 radical (unpaired) electrons. The lowest BCUT2D eigenvalue weighted by molar-refractivity contribution is -0.117. The zero-order chi connectivity index (χ0) is 12.8. The summed E-state index contributed by atoms with van der Waals surface area (Å²) in [6.07, 6.45) is 2.14. The Morgan fingerprint density at radius 2 is 1.89 bits per heavy atom. The van der Waals surface area contributed by atoms with Crippen LogP contribution < -0.4 is 11.1 Å². The van der Waals surface area contributed by atoms with Crippen LogP contribution in [0.5, 0.6) is 0 Å². The number of amides is 1. The normalized spacial score (nSPS) is 11.8. The van der Waals surface area contributed by atoms with Gasteiger partial charge in [-0.3, -0.25) is 4.79 Å². The van der Waals surface area contributed by atoms with E-state index in [1.165, 1.54) is 0 Å². The Bertz CT molecular complexity index is 499. The van der Waals surface area contributed by atoms with Crippen LogP contribution in [0.4, 0.5) is 5.82 Å². The molecular formula is C14H15N3O. The Morgan fingerprint density at radius 1 is 1.17 bits per heavy atom. The fraction of sp³-hybridized carbons (Fsp3) is 0.143. The second kappa shape index (κ2) is 5.93. The van der Waals surface area contributed by atoms with Gasteiger partial charge in [0, 0.05) is 6.20 Å². The highest BCUT2D eigenvalue weighted by molar-refractivity contribution is 5.94. The van der Waals surface area contributed by atoms with Crippen LogP contribution >= 0.6 is 0 Å². The number of carbonyl (C=O) groups is 1. The van der Waals surface area contributed by atoms with Gasteiger partial charge in [-0.1, -0.05) is 36.4 Å². The van der Waals surface area contributed by atoms with Crippen LogP contribution in [0, 0.1) is 0 Å². The lowest BCUT2D eigenvalue weighted by Gasteiger charge is -2.11. The zero-order valence-electron chi connectivity index (χ0n) is 9.91. The number of pyridine rings is 1. The van der Waals surface area contributed by atoms with Crippen molar-refractivity contribution in [3.8, 4) is 0 Å². The molecule has 1 atom stereocenters. The standard InChI is InChI=1S/C14H15N3O/c15-12(10-11-6-2-1-3-7-11)14(18)17-13-8-4-5-9-16-13/h1-9,12H,10,15H2,(H,16,17,18)/t12-/m1/s1. The molecule has 1 amide bonds. The lowest BCUT2D eigenvalue weighted by atomic mass is 10.1. The number of benzene rings is 1. The van der Waals surface area contributed by atoms with Crippen LogP contribution in [0.15, 0.2) is 54.7 Å². The molecule has 2 rings (SSSR count). The molecule has 0 fully saturated rings. The molecule has 4 heteroatoms. The average Bonchev–Trinajstić information content (AvgIpc) is 2.41. The van der Waals surface area contributed by atoms with E-state index in [1.54, 1.807) is 18.3 Å². The minimum atomic E-state index is -0.575. The van der Waals surface area contributed by atoms with Crippen molar-refractivity contribution in [1.29, 1.82) is 0 Å². The van der Waals surface area contributed by atoms with E-state index in [-0.39, 0.29) is 5.91 Å². The van der Waals surface area contributed by atoms with Crippen molar-refractivity contribution in [2.75, 3.05) is 5.32 Å². The average molecular weight is 241 g/mol. The summed E-state index contributed by atoms with van der Waals surface area (Å²) in [4.78, 5) is 15.9. The van der Waals surface area contributed by atoms with Gasteiger partial charge in [0.1, 0.15) is 5.82 Å². The Morgan fingerprint density at radius 3 is 2.56 bits per heavy atom. The summed E-state index contributed by atoms with van der Waals surface area (Å²) in [5.74, 6) is 0.295. The van der Waals surface area contributed by atoms with E-state index in [4.69, 9.17) is 5.73 Å². The van der Waals surface area contributed by atoms with Crippen LogP contribution in [0.3, 0.4) is 0 Å². The molecule has 0 aliphatic rings. The molecule has 1 heterocycles. The van der Waals surface area contributed by atoms with Gasteiger partial charge in [0.05, 0.1) is 6.04 Å². The van der Waals surface area contributed by atoms with E-state index in [0.29, 0.717) is 12.2 Å². The summed E-state index contributed by atoms with van der Waals surface area (Å²) in [7, 11) is 0. The van der Waals surface area contributed by atoms with Crippen LogP contribution in [-0.4, -0.2) is 16.9 Å². The van der Waals surface area contributed by atoms with Gasteiger partial charge in [0.15, 0.2) is 0 Å². The smallest absolute Gasteiger partial charge is 0.242 e. The minimum Gasteiger partial charge on any atom is -0.320 e. The minimum absolute atomic E-state index is 0.224. The van der Waals surface area contributed by atoms with Gasteiger partial charge < -0.3 is 11.1 Å². The van der Waals surface area contributed by atoms with Crippen molar-refractivity contribution < 1.29 is 4.79 Å². The monoisotopic (exact) mass is 241 g/mol. The van der Waals surface area contributed by atoms with Crippen LogP contribution in [-0.2, 0) is 11.2 Å². The quantitative estimate of drug-likeness (QED) is 0.854. The van der Waals surface area contributed by atoms with Crippen LogP contribution in [0.25, 0.3) is 0 Å². The van der Waals surface area contributed by atoms with Crippen molar-refractivity contribution in [2.24, 2.45) is 5.73 Å². The maximum Gasteiger partial charge on any atom is 0.242 e. The summed E-state index contributed by atoms with van der Waals surface area (Å²) in [6, 6.07) is 14.5. The van der Waals surface area contributed by atoms with Gasteiger partial charge in [0.2, 0.25) is 5.91 Å².